The van der Waals surface area contributed by atoms with Gasteiger partial charge in [-0.3, -0.25) is 4.79 Å². The van der Waals surface area contributed by atoms with Crippen molar-refractivity contribution in [2.24, 2.45) is 0 Å². The van der Waals surface area contributed by atoms with Crippen LogP contribution in [0.1, 0.15) is 19.1 Å². The zero-order valence-electron chi connectivity index (χ0n) is 9.89. The highest BCUT2D eigenvalue weighted by molar-refractivity contribution is 14.1. The molecule has 0 bridgehead atoms. The number of hydrogen-bond donors (Lipinski definition) is 1. The molecule has 4 nitrogen and oxygen atoms in total. The van der Waals surface area contributed by atoms with E-state index in [1.54, 1.807) is 31.0 Å². The van der Waals surface area contributed by atoms with Crippen LogP contribution in [0.25, 0.3) is 6.08 Å². The van der Waals surface area contributed by atoms with Crippen LogP contribution in [-0.2, 0) is 4.79 Å². The van der Waals surface area contributed by atoms with Gasteiger partial charge in [-0.2, -0.15) is 0 Å². The molecule has 0 aromatic carbocycles. The number of aliphatic hydroxyl groups is 1. The van der Waals surface area contributed by atoms with Gasteiger partial charge in [0, 0.05) is 19.7 Å². The zero-order chi connectivity index (χ0) is 12.8. The normalized spacial score (nSPS) is 12.9. The molecule has 0 aliphatic heterocycles. The minimum absolute atomic E-state index is 0.0999. The molecule has 1 aromatic heterocycles. The zero-order valence-corrected chi connectivity index (χ0v) is 12.0. The molecule has 0 saturated carbocycles. The highest BCUT2D eigenvalue weighted by Gasteiger charge is 2.06. The molecule has 0 saturated heterocycles. The molecule has 1 amide bonds. The highest BCUT2D eigenvalue weighted by Crippen LogP contribution is 2.11. The summed E-state index contributed by atoms with van der Waals surface area (Å²) in [5, 5.41) is 9.12. The molecule has 1 rings (SSSR count). The lowest BCUT2D eigenvalue weighted by Crippen LogP contribution is -2.27. The maximum Gasteiger partial charge on any atom is 0.246 e. The predicted molar refractivity (Wildman–Crippen MR) is 74.4 cm³/mol. The molecule has 0 aliphatic rings. The molecule has 0 aliphatic carbocycles. The number of hydrogen-bond acceptors (Lipinski definition) is 3. The Labute approximate surface area is 114 Å². The average Bonchev–Trinajstić information content (AvgIpc) is 2.68. The Kier molecular flexibility index (Phi) is 5.70. The van der Waals surface area contributed by atoms with E-state index in [4.69, 9.17) is 9.52 Å². The van der Waals surface area contributed by atoms with Gasteiger partial charge in [0.15, 0.2) is 3.77 Å². The highest BCUT2D eigenvalue weighted by atomic mass is 127. The number of halogens is 1. The van der Waals surface area contributed by atoms with Gasteiger partial charge < -0.3 is 14.4 Å². The third-order valence-electron chi connectivity index (χ3n) is 2.24. The predicted octanol–water partition coefficient (Wildman–Crippen LogP) is 2.13. The second kappa shape index (κ2) is 6.80. The monoisotopic (exact) mass is 349 g/mol. The molecular weight excluding hydrogens is 333 g/mol. The molecule has 0 spiro atoms. The van der Waals surface area contributed by atoms with Crippen molar-refractivity contribution in [2.45, 2.75) is 19.4 Å². The van der Waals surface area contributed by atoms with Crippen LogP contribution >= 0.6 is 22.6 Å². The molecular formula is C12H16INO3. The van der Waals surface area contributed by atoms with Crippen LogP contribution in [0.15, 0.2) is 22.6 Å². The summed E-state index contributed by atoms with van der Waals surface area (Å²) in [5.74, 6) is 0.559. The van der Waals surface area contributed by atoms with Crippen molar-refractivity contribution < 1.29 is 14.3 Å². The molecule has 1 N–H and O–H groups in total. The number of carbonyl (C=O) groups excluding carboxylic acids is 1. The minimum Gasteiger partial charge on any atom is -0.451 e. The third-order valence-corrected chi connectivity index (χ3v) is 2.82. The number of carbonyl (C=O) groups is 1. The van der Waals surface area contributed by atoms with Crippen LogP contribution in [0, 0.1) is 3.77 Å². The quantitative estimate of drug-likeness (QED) is 0.655. The molecule has 1 unspecified atom stereocenters. The van der Waals surface area contributed by atoms with E-state index in [2.05, 4.69) is 22.6 Å². The molecule has 94 valence electrons. The van der Waals surface area contributed by atoms with Gasteiger partial charge in [0.05, 0.1) is 6.10 Å². The average molecular weight is 349 g/mol. The lowest BCUT2D eigenvalue weighted by atomic mass is 10.2. The van der Waals surface area contributed by atoms with Gasteiger partial charge in [0.25, 0.3) is 0 Å². The molecule has 1 atom stereocenters. The second-order valence-electron chi connectivity index (χ2n) is 3.87. The Morgan fingerprint density at radius 3 is 2.88 bits per heavy atom. The first-order valence-electron chi connectivity index (χ1n) is 5.35. The second-order valence-corrected chi connectivity index (χ2v) is 4.94. The standard InChI is InChI=1S/C12H16INO3/c1-9(15)7-8-14(2)12(16)6-4-10-3-5-11(13)17-10/h3-6,9,15H,7-8H2,1-2H3/b6-4+. The van der Waals surface area contributed by atoms with E-state index in [-0.39, 0.29) is 12.0 Å². The summed E-state index contributed by atoms with van der Waals surface area (Å²) in [5.41, 5.74) is 0. The fraction of sp³-hybridized carbons (Fsp3) is 0.417. The van der Waals surface area contributed by atoms with Crippen molar-refractivity contribution in [1.29, 1.82) is 0 Å². The summed E-state index contributed by atoms with van der Waals surface area (Å²) < 4.78 is 6.09. The lowest BCUT2D eigenvalue weighted by molar-refractivity contribution is -0.124. The van der Waals surface area contributed by atoms with Gasteiger partial charge in [-0.1, -0.05) is 0 Å². The molecule has 5 heteroatoms. The Bertz CT molecular complexity index is 398. The number of nitrogens with zero attached hydrogens (tertiary/aromatic N) is 1. The van der Waals surface area contributed by atoms with Crippen molar-refractivity contribution in [3.8, 4) is 0 Å². The summed E-state index contributed by atoms with van der Waals surface area (Å²) in [6.45, 7) is 2.25. The smallest absolute Gasteiger partial charge is 0.246 e. The molecule has 1 aromatic rings. The van der Waals surface area contributed by atoms with Crippen molar-refractivity contribution >= 4 is 34.6 Å². The lowest BCUT2D eigenvalue weighted by Gasteiger charge is -2.15. The van der Waals surface area contributed by atoms with Crippen molar-refractivity contribution in [3.05, 3.63) is 27.7 Å². The fourth-order valence-electron chi connectivity index (χ4n) is 1.19. The maximum atomic E-state index is 11.6. The van der Waals surface area contributed by atoms with Gasteiger partial charge in [-0.15, -0.1) is 0 Å². The van der Waals surface area contributed by atoms with Gasteiger partial charge in [0.2, 0.25) is 5.91 Å². The number of likely N-dealkylation sites (N-methyl/N-ethyl adjacent to an activating group) is 1. The first kappa shape index (κ1) is 14.2. The van der Waals surface area contributed by atoms with Crippen molar-refractivity contribution in [3.63, 3.8) is 0 Å². The van der Waals surface area contributed by atoms with Gasteiger partial charge >= 0.3 is 0 Å². The fourth-order valence-corrected chi connectivity index (χ4v) is 1.62. The van der Waals surface area contributed by atoms with E-state index >= 15 is 0 Å². The molecule has 0 fully saturated rings. The number of aliphatic hydroxyl groups excluding tert-OH is 1. The first-order chi connectivity index (χ1) is 7.99. The summed E-state index contributed by atoms with van der Waals surface area (Å²) in [4.78, 5) is 13.2. The topological polar surface area (TPSA) is 53.7 Å². The minimum atomic E-state index is -0.388. The maximum absolute atomic E-state index is 11.6. The van der Waals surface area contributed by atoms with E-state index in [1.165, 1.54) is 6.08 Å². The Balaban J connectivity index is 2.45. The largest absolute Gasteiger partial charge is 0.451 e. The SMILES string of the molecule is CC(O)CCN(C)C(=O)/C=C/c1ccc(I)o1. The number of furan rings is 1. The van der Waals surface area contributed by atoms with E-state index in [1.807, 2.05) is 6.07 Å². The first-order valence-corrected chi connectivity index (χ1v) is 6.43. The summed E-state index contributed by atoms with van der Waals surface area (Å²) in [6.07, 6.45) is 3.30. The van der Waals surface area contributed by atoms with E-state index < -0.39 is 0 Å². The van der Waals surface area contributed by atoms with E-state index in [9.17, 15) is 4.79 Å². The molecule has 17 heavy (non-hydrogen) atoms. The van der Waals surface area contributed by atoms with Gasteiger partial charge in [-0.05, 0) is 54.1 Å². The Morgan fingerprint density at radius 2 is 2.35 bits per heavy atom. The van der Waals surface area contributed by atoms with Crippen molar-refractivity contribution in [1.82, 2.24) is 4.90 Å². The number of rotatable bonds is 5. The van der Waals surface area contributed by atoms with Gasteiger partial charge in [0.1, 0.15) is 5.76 Å². The summed E-state index contributed by atoms with van der Waals surface area (Å²) >= 11 is 2.07. The van der Waals surface area contributed by atoms with Crippen LogP contribution in [0.4, 0.5) is 0 Å². The van der Waals surface area contributed by atoms with Crippen LogP contribution in [0.3, 0.4) is 0 Å². The Hall–Kier alpha value is -0.820. The summed E-state index contributed by atoms with van der Waals surface area (Å²) in [6, 6.07) is 3.64. The van der Waals surface area contributed by atoms with Crippen LogP contribution < -0.4 is 0 Å². The van der Waals surface area contributed by atoms with Crippen LogP contribution in [0.2, 0.25) is 0 Å². The van der Waals surface area contributed by atoms with Gasteiger partial charge in [-0.25, -0.2) is 0 Å². The molecule has 0 radical (unpaired) electrons. The Morgan fingerprint density at radius 1 is 1.65 bits per heavy atom. The van der Waals surface area contributed by atoms with E-state index in [0.717, 1.165) is 3.77 Å². The van der Waals surface area contributed by atoms with E-state index in [0.29, 0.717) is 18.7 Å². The molecule has 1 heterocycles. The van der Waals surface area contributed by atoms with Crippen molar-refractivity contribution in [2.75, 3.05) is 13.6 Å². The third kappa shape index (κ3) is 5.36. The van der Waals surface area contributed by atoms with Crippen LogP contribution in [0.5, 0.6) is 0 Å². The number of amides is 1. The summed E-state index contributed by atoms with van der Waals surface area (Å²) in [7, 11) is 1.71. The van der Waals surface area contributed by atoms with Crippen LogP contribution in [-0.4, -0.2) is 35.6 Å².